The summed E-state index contributed by atoms with van der Waals surface area (Å²) in [6, 6.07) is 13.3. The smallest absolute Gasteiger partial charge is 0.416 e. The predicted molar refractivity (Wildman–Crippen MR) is 130 cm³/mol. The largest absolute Gasteiger partial charge is 0.455 e. The number of nitrogens with one attached hydrogen (secondary N) is 2. The molecule has 0 saturated carbocycles. The first-order valence-electron chi connectivity index (χ1n) is 9.94. The van der Waals surface area contributed by atoms with Crippen molar-refractivity contribution in [1.29, 1.82) is 0 Å². The molecule has 0 fully saturated rings. The van der Waals surface area contributed by atoms with Crippen LogP contribution in [-0.2, 0) is 17.4 Å². The second-order valence-corrected chi connectivity index (χ2v) is 8.76. The summed E-state index contributed by atoms with van der Waals surface area (Å²) in [7, 11) is 0. The van der Waals surface area contributed by atoms with Gasteiger partial charge in [0, 0.05) is 16.6 Å². The van der Waals surface area contributed by atoms with Gasteiger partial charge in [0.1, 0.15) is 11.5 Å². The highest BCUT2D eigenvalue weighted by atomic mass is 35.5. The van der Waals surface area contributed by atoms with E-state index in [1.54, 1.807) is 35.7 Å². The third-order valence-corrected chi connectivity index (χ3v) is 6.18. The minimum Gasteiger partial charge on any atom is -0.455 e. The standard InChI is InChI=1S/C23H15Cl2F3N4O2S/c24-18-6-2-5-17(21(18)25)19-8-7-16(34-19)11-29-32-20(33)10-15-12-35-22(31-15)30-14-4-1-3-13(9-14)23(26,27)28/h1-9,11-12H,10H2,(H,30,31)(H,32,33)/b29-11-. The van der Waals surface area contributed by atoms with Crippen LogP contribution in [0.4, 0.5) is 24.0 Å². The fourth-order valence-electron chi connectivity index (χ4n) is 2.98. The van der Waals surface area contributed by atoms with Gasteiger partial charge in [0.15, 0.2) is 5.13 Å². The van der Waals surface area contributed by atoms with Crippen LogP contribution in [0.5, 0.6) is 0 Å². The molecular formula is C23H15Cl2F3N4O2S. The summed E-state index contributed by atoms with van der Waals surface area (Å²) in [6.07, 6.45) is -3.18. The van der Waals surface area contributed by atoms with Gasteiger partial charge in [-0.3, -0.25) is 4.79 Å². The molecule has 2 aromatic heterocycles. The van der Waals surface area contributed by atoms with Gasteiger partial charge in [-0.2, -0.15) is 18.3 Å². The molecule has 2 N–H and O–H groups in total. The second kappa shape index (κ2) is 10.5. The summed E-state index contributed by atoms with van der Waals surface area (Å²) < 4.78 is 44.2. The molecule has 4 rings (SSSR count). The number of hydrogen-bond acceptors (Lipinski definition) is 6. The number of thiazole rings is 1. The third-order valence-electron chi connectivity index (χ3n) is 4.56. The lowest BCUT2D eigenvalue weighted by Gasteiger charge is -2.08. The Labute approximate surface area is 211 Å². The molecule has 12 heteroatoms. The van der Waals surface area contributed by atoms with Crippen LogP contribution in [0.1, 0.15) is 17.0 Å². The van der Waals surface area contributed by atoms with E-state index in [9.17, 15) is 18.0 Å². The van der Waals surface area contributed by atoms with Gasteiger partial charge in [0.25, 0.3) is 0 Å². The molecule has 0 atom stereocenters. The minimum atomic E-state index is -4.44. The van der Waals surface area contributed by atoms with E-state index < -0.39 is 17.6 Å². The van der Waals surface area contributed by atoms with Crippen LogP contribution >= 0.6 is 34.5 Å². The quantitative estimate of drug-likeness (QED) is 0.193. The zero-order valence-corrected chi connectivity index (χ0v) is 19.9. The number of hydrogen-bond donors (Lipinski definition) is 2. The van der Waals surface area contributed by atoms with Crippen LogP contribution in [0, 0.1) is 0 Å². The number of carbonyl (C=O) groups is 1. The van der Waals surface area contributed by atoms with Crippen LogP contribution in [0.25, 0.3) is 11.3 Å². The SMILES string of the molecule is O=C(Cc1csc(Nc2cccc(C(F)(F)F)c2)n1)N/N=C\c1ccc(-c2cccc(Cl)c2Cl)o1. The second-order valence-electron chi connectivity index (χ2n) is 7.12. The lowest BCUT2D eigenvalue weighted by molar-refractivity contribution is -0.137. The molecule has 4 aromatic rings. The molecule has 180 valence electrons. The number of aromatic nitrogens is 1. The average Bonchev–Trinajstić information content (AvgIpc) is 3.45. The Kier molecular flexibility index (Phi) is 7.44. The Morgan fingerprint density at radius 1 is 1.14 bits per heavy atom. The maximum Gasteiger partial charge on any atom is 0.416 e. The number of alkyl halides is 3. The van der Waals surface area contributed by atoms with Crippen molar-refractivity contribution in [3.63, 3.8) is 0 Å². The van der Waals surface area contributed by atoms with Crippen molar-refractivity contribution in [3.8, 4) is 11.3 Å². The summed E-state index contributed by atoms with van der Waals surface area (Å²) in [5, 5.41) is 9.44. The van der Waals surface area contributed by atoms with Gasteiger partial charge >= 0.3 is 6.18 Å². The number of hydrazone groups is 1. The predicted octanol–water partition coefficient (Wildman–Crippen LogP) is 7.17. The summed E-state index contributed by atoms with van der Waals surface area (Å²) in [5.41, 5.74) is 2.91. The van der Waals surface area contributed by atoms with E-state index >= 15 is 0 Å². The molecule has 1 amide bonds. The molecule has 0 radical (unpaired) electrons. The van der Waals surface area contributed by atoms with E-state index in [0.29, 0.717) is 38.0 Å². The van der Waals surface area contributed by atoms with Gasteiger partial charge in [0.2, 0.25) is 5.91 Å². The summed E-state index contributed by atoms with van der Waals surface area (Å²) >= 11 is 13.4. The van der Waals surface area contributed by atoms with Crippen molar-refractivity contribution in [2.75, 3.05) is 5.32 Å². The van der Waals surface area contributed by atoms with Crippen molar-refractivity contribution in [2.45, 2.75) is 12.6 Å². The maximum atomic E-state index is 12.9. The van der Waals surface area contributed by atoms with E-state index in [1.165, 1.54) is 29.7 Å². The summed E-state index contributed by atoms with van der Waals surface area (Å²) in [5.74, 6) is 0.452. The topological polar surface area (TPSA) is 79.5 Å². The van der Waals surface area contributed by atoms with Crippen molar-refractivity contribution < 1.29 is 22.4 Å². The molecule has 0 aliphatic carbocycles. The average molecular weight is 539 g/mol. The van der Waals surface area contributed by atoms with E-state index in [2.05, 4.69) is 20.8 Å². The molecule has 0 bridgehead atoms. The molecule has 0 spiro atoms. The molecular weight excluding hydrogens is 524 g/mol. The van der Waals surface area contributed by atoms with E-state index in [1.807, 2.05) is 0 Å². The molecule has 2 heterocycles. The first-order chi connectivity index (χ1) is 16.7. The van der Waals surface area contributed by atoms with Gasteiger partial charge in [-0.1, -0.05) is 35.3 Å². The van der Waals surface area contributed by atoms with Crippen molar-refractivity contribution in [1.82, 2.24) is 10.4 Å². The number of amides is 1. The maximum absolute atomic E-state index is 12.9. The molecule has 35 heavy (non-hydrogen) atoms. The van der Waals surface area contributed by atoms with Crippen LogP contribution in [-0.4, -0.2) is 17.1 Å². The number of nitrogens with zero attached hydrogens (tertiary/aromatic N) is 2. The fraction of sp³-hybridized carbons (Fsp3) is 0.0870. The Balaban J connectivity index is 1.32. The Morgan fingerprint density at radius 2 is 1.94 bits per heavy atom. The number of rotatable bonds is 7. The first-order valence-corrected chi connectivity index (χ1v) is 11.6. The van der Waals surface area contributed by atoms with Gasteiger partial charge in [-0.15, -0.1) is 11.3 Å². The third kappa shape index (κ3) is 6.41. The van der Waals surface area contributed by atoms with E-state index in [4.69, 9.17) is 27.6 Å². The lowest BCUT2D eigenvalue weighted by Crippen LogP contribution is -2.19. The highest BCUT2D eigenvalue weighted by molar-refractivity contribution is 7.13. The number of anilines is 2. The van der Waals surface area contributed by atoms with Gasteiger partial charge in [0.05, 0.1) is 33.9 Å². The Morgan fingerprint density at radius 3 is 2.74 bits per heavy atom. The molecule has 6 nitrogen and oxygen atoms in total. The van der Waals surface area contributed by atoms with Crippen LogP contribution < -0.4 is 10.7 Å². The summed E-state index contributed by atoms with van der Waals surface area (Å²) in [4.78, 5) is 16.4. The van der Waals surface area contributed by atoms with Gasteiger partial charge < -0.3 is 9.73 Å². The van der Waals surface area contributed by atoms with Gasteiger partial charge in [-0.05, 0) is 42.5 Å². The molecule has 0 aliphatic rings. The van der Waals surface area contributed by atoms with Crippen molar-refractivity contribution in [3.05, 3.63) is 87.0 Å². The highest BCUT2D eigenvalue weighted by Crippen LogP contribution is 2.34. The molecule has 0 unspecified atom stereocenters. The van der Waals surface area contributed by atoms with E-state index in [0.717, 1.165) is 12.1 Å². The van der Waals surface area contributed by atoms with Crippen LogP contribution in [0.15, 0.2) is 69.5 Å². The van der Waals surface area contributed by atoms with Crippen LogP contribution in [0.2, 0.25) is 10.0 Å². The molecule has 0 saturated heterocycles. The zero-order valence-electron chi connectivity index (χ0n) is 17.6. The fourth-order valence-corrected chi connectivity index (χ4v) is 4.10. The van der Waals surface area contributed by atoms with Gasteiger partial charge in [-0.25, -0.2) is 10.4 Å². The number of furan rings is 1. The highest BCUT2D eigenvalue weighted by Gasteiger charge is 2.30. The number of carbonyl (C=O) groups excluding carboxylic acids is 1. The Hall–Kier alpha value is -3.34. The molecule has 2 aromatic carbocycles. The Bertz CT molecular complexity index is 1390. The summed E-state index contributed by atoms with van der Waals surface area (Å²) in [6.45, 7) is 0. The van der Waals surface area contributed by atoms with E-state index in [-0.39, 0.29) is 12.1 Å². The monoisotopic (exact) mass is 538 g/mol. The van der Waals surface area contributed by atoms with Crippen LogP contribution in [0.3, 0.4) is 0 Å². The zero-order chi connectivity index (χ0) is 25.0. The first kappa shape index (κ1) is 24.8. The number of benzene rings is 2. The normalized spacial score (nSPS) is 11.7. The van der Waals surface area contributed by atoms with Crippen molar-refractivity contribution >= 4 is 57.5 Å². The molecule has 0 aliphatic heterocycles. The lowest BCUT2D eigenvalue weighted by atomic mass is 10.2. The minimum absolute atomic E-state index is 0.0698. The number of halogens is 5. The van der Waals surface area contributed by atoms with Crippen molar-refractivity contribution in [2.24, 2.45) is 5.10 Å².